The first-order valence-corrected chi connectivity index (χ1v) is 8.04. The van der Waals surface area contributed by atoms with Crippen molar-refractivity contribution >= 4 is 23.7 Å². The molecule has 2 heterocycles. The van der Waals surface area contributed by atoms with E-state index in [4.69, 9.17) is 0 Å². The van der Waals surface area contributed by atoms with Crippen molar-refractivity contribution in [1.82, 2.24) is 10.2 Å². The predicted molar refractivity (Wildman–Crippen MR) is 88.9 cm³/mol. The number of aryl methyl sites for hydroxylation is 1. The van der Waals surface area contributed by atoms with Crippen molar-refractivity contribution in [3.8, 4) is 0 Å². The van der Waals surface area contributed by atoms with Gasteiger partial charge in [-0.3, -0.25) is 4.90 Å². The predicted octanol–water partition coefficient (Wildman–Crippen LogP) is 3.75. The number of piperazine rings is 1. The molecule has 120 valence electrons. The Balaban J connectivity index is 0.00000176. The highest BCUT2D eigenvalue weighted by Gasteiger charge is 2.28. The topological polar surface area (TPSA) is 15.3 Å². The third-order valence-corrected chi connectivity index (χ3v) is 4.68. The van der Waals surface area contributed by atoms with E-state index < -0.39 is 11.6 Å². The van der Waals surface area contributed by atoms with E-state index >= 15 is 0 Å². The first kappa shape index (κ1) is 17.3. The molecule has 0 unspecified atom stereocenters. The minimum atomic E-state index is -0.733. The maximum absolute atomic E-state index is 14.4. The van der Waals surface area contributed by atoms with Crippen LogP contribution in [0, 0.1) is 18.6 Å². The first-order chi connectivity index (χ1) is 10.2. The van der Waals surface area contributed by atoms with Crippen molar-refractivity contribution in [3.05, 3.63) is 57.3 Å². The molecule has 0 bridgehead atoms. The van der Waals surface area contributed by atoms with E-state index in [-0.39, 0.29) is 18.4 Å². The summed E-state index contributed by atoms with van der Waals surface area (Å²) in [7, 11) is 0. The zero-order valence-corrected chi connectivity index (χ0v) is 13.9. The quantitative estimate of drug-likeness (QED) is 0.912. The zero-order chi connectivity index (χ0) is 14.8. The molecule has 1 saturated heterocycles. The molecule has 1 aliphatic rings. The van der Waals surface area contributed by atoms with Crippen LogP contribution in [0.15, 0.2) is 29.0 Å². The fourth-order valence-corrected chi connectivity index (χ4v) is 3.51. The Morgan fingerprint density at radius 1 is 1.14 bits per heavy atom. The molecule has 2 nitrogen and oxygen atoms in total. The number of nitrogens with zero attached hydrogens (tertiary/aromatic N) is 1. The van der Waals surface area contributed by atoms with E-state index in [1.54, 1.807) is 30.4 Å². The van der Waals surface area contributed by atoms with Crippen LogP contribution in [0.2, 0.25) is 0 Å². The van der Waals surface area contributed by atoms with Gasteiger partial charge in [-0.1, -0.05) is 12.1 Å². The molecular formula is C16H19ClF2N2S. The standard InChI is InChI=1S/C16H18F2N2S.ClH/c1-11-2-3-13(15(18)14(11)17)16(12-4-9-21-10-12)20-7-5-19-6-8-20;/h2-4,9-10,16,19H,5-8H2,1H3;1H/t16-;/m0./s1. The molecule has 0 radical (unpaired) electrons. The highest BCUT2D eigenvalue weighted by molar-refractivity contribution is 7.08. The van der Waals surface area contributed by atoms with Crippen LogP contribution in [-0.4, -0.2) is 31.1 Å². The molecule has 1 aromatic heterocycles. The fraction of sp³-hybridized carbons (Fsp3) is 0.375. The zero-order valence-electron chi connectivity index (χ0n) is 12.3. The number of rotatable bonds is 3. The number of hydrogen-bond donors (Lipinski definition) is 1. The van der Waals surface area contributed by atoms with E-state index in [0.717, 1.165) is 31.7 Å². The lowest BCUT2D eigenvalue weighted by Crippen LogP contribution is -2.45. The Morgan fingerprint density at radius 3 is 2.50 bits per heavy atom. The van der Waals surface area contributed by atoms with Crippen LogP contribution in [0.4, 0.5) is 8.78 Å². The number of thiophene rings is 1. The molecular weight excluding hydrogens is 326 g/mol. The largest absolute Gasteiger partial charge is 0.314 e. The Kier molecular flexibility index (Phi) is 5.92. The smallest absolute Gasteiger partial charge is 0.164 e. The lowest BCUT2D eigenvalue weighted by Gasteiger charge is -2.35. The van der Waals surface area contributed by atoms with Crippen LogP contribution in [0.25, 0.3) is 0 Å². The van der Waals surface area contributed by atoms with Crippen LogP contribution < -0.4 is 5.32 Å². The van der Waals surface area contributed by atoms with Crippen molar-refractivity contribution in [3.63, 3.8) is 0 Å². The summed E-state index contributed by atoms with van der Waals surface area (Å²) in [6.45, 7) is 4.99. The van der Waals surface area contributed by atoms with Crippen molar-refractivity contribution < 1.29 is 8.78 Å². The van der Waals surface area contributed by atoms with Crippen LogP contribution in [-0.2, 0) is 0 Å². The van der Waals surface area contributed by atoms with E-state index in [9.17, 15) is 8.78 Å². The monoisotopic (exact) mass is 344 g/mol. The van der Waals surface area contributed by atoms with Crippen LogP contribution in [0.5, 0.6) is 0 Å². The maximum atomic E-state index is 14.4. The molecule has 1 N–H and O–H groups in total. The van der Waals surface area contributed by atoms with Crippen LogP contribution >= 0.6 is 23.7 Å². The maximum Gasteiger partial charge on any atom is 0.164 e. The summed E-state index contributed by atoms with van der Waals surface area (Å²) in [6, 6.07) is 5.16. The molecule has 0 amide bonds. The summed E-state index contributed by atoms with van der Waals surface area (Å²) in [6.07, 6.45) is 0. The van der Waals surface area contributed by atoms with Gasteiger partial charge in [-0.2, -0.15) is 11.3 Å². The van der Waals surface area contributed by atoms with Gasteiger partial charge < -0.3 is 5.32 Å². The normalized spacial score (nSPS) is 17.0. The van der Waals surface area contributed by atoms with Crippen molar-refractivity contribution in [2.75, 3.05) is 26.2 Å². The SMILES string of the molecule is Cc1ccc([C@H](c2ccsc2)N2CCNCC2)c(F)c1F.Cl. The van der Waals surface area contributed by atoms with E-state index in [1.807, 2.05) is 16.8 Å². The number of halogens is 3. The fourth-order valence-electron chi connectivity index (χ4n) is 2.83. The summed E-state index contributed by atoms with van der Waals surface area (Å²) in [5.41, 5.74) is 1.81. The van der Waals surface area contributed by atoms with Gasteiger partial charge in [-0.15, -0.1) is 12.4 Å². The molecule has 1 atom stereocenters. The van der Waals surface area contributed by atoms with Gasteiger partial charge in [-0.25, -0.2) is 8.78 Å². The highest BCUT2D eigenvalue weighted by Crippen LogP contribution is 2.33. The molecule has 1 aliphatic heterocycles. The van der Waals surface area contributed by atoms with Gasteiger partial charge in [0.1, 0.15) is 0 Å². The third kappa shape index (κ3) is 3.33. The molecule has 0 saturated carbocycles. The summed E-state index contributed by atoms with van der Waals surface area (Å²) in [4.78, 5) is 2.21. The second-order valence-electron chi connectivity index (χ2n) is 5.34. The van der Waals surface area contributed by atoms with E-state index in [2.05, 4.69) is 10.2 Å². The van der Waals surface area contributed by atoms with Gasteiger partial charge in [0, 0.05) is 31.7 Å². The summed E-state index contributed by atoms with van der Waals surface area (Å²) < 4.78 is 28.4. The molecule has 22 heavy (non-hydrogen) atoms. The molecule has 0 aliphatic carbocycles. The summed E-state index contributed by atoms with van der Waals surface area (Å²) in [5, 5.41) is 7.29. The Labute approximate surface area is 139 Å². The Bertz CT molecular complexity index is 613. The summed E-state index contributed by atoms with van der Waals surface area (Å²) >= 11 is 1.58. The van der Waals surface area contributed by atoms with E-state index in [1.165, 1.54) is 0 Å². The third-order valence-electron chi connectivity index (χ3n) is 3.98. The lowest BCUT2D eigenvalue weighted by atomic mass is 9.97. The lowest BCUT2D eigenvalue weighted by molar-refractivity contribution is 0.195. The second kappa shape index (κ2) is 7.51. The minimum absolute atomic E-state index is 0. The Morgan fingerprint density at radius 2 is 1.86 bits per heavy atom. The number of nitrogens with one attached hydrogen (secondary N) is 1. The van der Waals surface area contributed by atoms with E-state index in [0.29, 0.717) is 11.1 Å². The molecule has 1 aromatic carbocycles. The molecule has 1 fully saturated rings. The van der Waals surface area contributed by atoms with Gasteiger partial charge in [-0.05, 0) is 34.9 Å². The average molecular weight is 345 g/mol. The van der Waals surface area contributed by atoms with Crippen LogP contribution in [0.1, 0.15) is 22.7 Å². The first-order valence-electron chi connectivity index (χ1n) is 7.10. The average Bonchev–Trinajstić information content (AvgIpc) is 3.03. The Hall–Kier alpha value is -1.01. The highest BCUT2D eigenvalue weighted by atomic mass is 35.5. The summed E-state index contributed by atoms with van der Waals surface area (Å²) in [5.74, 6) is -1.45. The van der Waals surface area contributed by atoms with Gasteiger partial charge in [0.2, 0.25) is 0 Å². The van der Waals surface area contributed by atoms with Crippen molar-refractivity contribution in [1.29, 1.82) is 0 Å². The molecule has 6 heteroatoms. The minimum Gasteiger partial charge on any atom is -0.314 e. The van der Waals surface area contributed by atoms with Gasteiger partial charge in [0.05, 0.1) is 6.04 Å². The van der Waals surface area contributed by atoms with Crippen LogP contribution in [0.3, 0.4) is 0 Å². The number of benzene rings is 1. The van der Waals surface area contributed by atoms with Crippen molar-refractivity contribution in [2.24, 2.45) is 0 Å². The number of hydrogen-bond acceptors (Lipinski definition) is 3. The van der Waals surface area contributed by atoms with Gasteiger partial charge in [0.15, 0.2) is 11.6 Å². The van der Waals surface area contributed by atoms with Gasteiger partial charge in [0.25, 0.3) is 0 Å². The van der Waals surface area contributed by atoms with Gasteiger partial charge >= 0.3 is 0 Å². The molecule has 0 spiro atoms. The molecule has 3 rings (SSSR count). The van der Waals surface area contributed by atoms with Crippen molar-refractivity contribution in [2.45, 2.75) is 13.0 Å². The second-order valence-corrected chi connectivity index (χ2v) is 6.12. The molecule has 2 aromatic rings.